The highest BCUT2D eigenvalue weighted by molar-refractivity contribution is 5.76. The monoisotopic (exact) mass is 369 g/mol. The molecule has 5 heteroatoms. The highest BCUT2D eigenvalue weighted by Gasteiger charge is 2.30. The largest absolute Gasteiger partial charge is 0.497 e. The van der Waals surface area contributed by atoms with Crippen molar-refractivity contribution in [2.75, 3.05) is 7.11 Å². The molecule has 0 heterocycles. The molecule has 0 aliphatic heterocycles. The van der Waals surface area contributed by atoms with E-state index in [1.165, 1.54) is 0 Å². The number of hydroxylamine groups is 1. The van der Waals surface area contributed by atoms with Crippen LogP contribution in [0.3, 0.4) is 0 Å². The first-order valence-electron chi connectivity index (χ1n) is 9.24. The van der Waals surface area contributed by atoms with E-state index in [-0.39, 0.29) is 12.3 Å². The molecule has 0 spiro atoms. The number of aldehydes is 1. The van der Waals surface area contributed by atoms with Crippen molar-refractivity contribution in [2.45, 2.75) is 38.6 Å². The van der Waals surface area contributed by atoms with Crippen molar-refractivity contribution in [3.63, 3.8) is 0 Å². The Balaban J connectivity index is 2.03. The molecule has 0 radical (unpaired) electrons. The molecule has 27 heavy (non-hydrogen) atoms. The van der Waals surface area contributed by atoms with Gasteiger partial charge in [0.15, 0.2) is 0 Å². The molecule has 2 unspecified atom stereocenters. The molecule has 0 amide bonds. The van der Waals surface area contributed by atoms with Gasteiger partial charge in [-0.2, -0.15) is 0 Å². The molecule has 1 N–H and O–H groups in total. The van der Waals surface area contributed by atoms with Gasteiger partial charge in [0.2, 0.25) is 0 Å². The third kappa shape index (κ3) is 6.22. The Morgan fingerprint density at radius 2 is 1.93 bits per heavy atom. The van der Waals surface area contributed by atoms with Gasteiger partial charge < -0.3 is 14.4 Å². The second kappa shape index (κ2) is 11.1. The van der Waals surface area contributed by atoms with Crippen molar-refractivity contribution in [2.24, 2.45) is 5.92 Å². The molecule has 0 saturated heterocycles. The van der Waals surface area contributed by atoms with Gasteiger partial charge in [0.1, 0.15) is 12.0 Å². The van der Waals surface area contributed by atoms with Crippen LogP contribution >= 0.6 is 0 Å². The summed E-state index contributed by atoms with van der Waals surface area (Å²) in [4.78, 5) is 29.1. The van der Waals surface area contributed by atoms with E-state index < -0.39 is 11.9 Å². The Kier molecular flexibility index (Phi) is 8.52. The van der Waals surface area contributed by atoms with Gasteiger partial charge in [-0.25, -0.2) is 0 Å². The fourth-order valence-corrected chi connectivity index (χ4v) is 3.19. The number of ether oxygens (including phenoxy) is 1. The zero-order valence-electron chi connectivity index (χ0n) is 15.9. The lowest BCUT2D eigenvalue weighted by Gasteiger charge is -2.24. The van der Waals surface area contributed by atoms with Crippen LogP contribution in [0.4, 0.5) is 0 Å². The lowest BCUT2D eigenvalue weighted by atomic mass is 9.81. The zero-order valence-corrected chi connectivity index (χ0v) is 15.9. The first-order chi connectivity index (χ1) is 13.2. The van der Waals surface area contributed by atoms with E-state index in [1.54, 1.807) is 7.11 Å². The van der Waals surface area contributed by atoms with E-state index in [9.17, 15) is 9.59 Å². The Morgan fingerprint density at radius 3 is 2.59 bits per heavy atom. The van der Waals surface area contributed by atoms with E-state index in [4.69, 9.17) is 9.57 Å². The first-order valence-corrected chi connectivity index (χ1v) is 9.24. The summed E-state index contributed by atoms with van der Waals surface area (Å²) in [7, 11) is 1.61. The summed E-state index contributed by atoms with van der Waals surface area (Å²) in [6.45, 7) is 2.43. The van der Waals surface area contributed by atoms with Crippen LogP contribution in [-0.2, 0) is 21.0 Å². The highest BCUT2D eigenvalue weighted by Crippen LogP contribution is 2.32. The van der Waals surface area contributed by atoms with Crippen molar-refractivity contribution in [3.8, 4) is 5.75 Å². The summed E-state index contributed by atoms with van der Waals surface area (Å²) < 4.78 is 5.19. The number of carbonyl (C=O) groups excluding carboxylic acids is 2. The number of hydrogen-bond acceptors (Lipinski definition) is 5. The zero-order chi connectivity index (χ0) is 19.5. The Labute approximate surface area is 160 Å². The molecular weight excluding hydrogens is 342 g/mol. The Morgan fingerprint density at radius 1 is 1.15 bits per heavy atom. The van der Waals surface area contributed by atoms with E-state index in [0.717, 1.165) is 36.0 Å². The third-order valence-electron chi connectivity index (χ3n) is 4.55. The van der Waals surface area contributed by atoms with Gasteiger partial charge in [-0.3, -0.25) is 4.79 Å². The van der Waals surface area contributed by atoms with Gasteiger partial charge in [-0.05, 0) is 35.6 Å². The van der Waals surface area contributed by atoms with Crippen LogP contribution in [-0.4, -0.2) is 19.4 Å². The maximum Gasteiger partial charge on any atom is 0.328 e. The lowest BCUT2D eigenvalue weighted by molar-refractivity contribution is -0.158. The summed E-state index contributed by atoms with van der Waals surface area (Å²) in [5, 5.41) is 0. The summed E-state index contributed by atoms with van der Waals surface area (Å²) >= 11 is 0. The van der Waals surface area contributed by atoms with E-state index in [1.807, 2.05) is 54.6 Å². The second-order valence-corrected chi connectivity index (χ2v) is 6.41. The molecule has 0 aliphatic rings. The summed E-state index contributed by atoms with van der Waals surface area (Å²) in [5.74, 6) is -0.228. The molecule has 0 aliphatic carbocycles. The summed E-state index contributed by atoms with van der Waals surface area (Å²) in [5.41, 5.74) is 4.70. The fraction of sp³-hybridized carbons (Fsp3) is 0.364. The van der Waals surface area contributed by atoms with Gasteiger partial charge in [0, 0.05) is 6.42 Å². The van der Waals surface area contributed by atoms with Gasteiger partial charge >= 0.3 is 5.97 Å². The molecule has 0 bridgehead atoms. The molecule has 2 atom stereocenters. The van der Waals surface area contributed by atoms with Gasteiger partial charge in [0.05, 0.1) is 19.6 Å². The van der Waals surface area contributed by atoms with Crippen LogP contribution in [0.25, 0.3) is 0 Å². The number of carbonyl (C=O) groups is 2. The number of benzene rings is 2. The normalized spacial score (nSPS) is 12.8. The number of hydrogen-bond donors (Lipinski definition) is 1. The molecule has 0 fully saturated rings. The van der Waals surface area contributed by atoms with Gasteiger partial charge in [-0.1, -0.05) is 55.8 Å². The predicted molar refractivity (Wildman–Crippen MR) is 104 cm³/mol. The standard InChI is InChI=1S/C22H27NO4/c1-3-8-20(18-10-5-4-6-11-18)21(13-14-24)22(25)27-23-16-17-9-7-12-19(15-17)26-2/h4-7,9-12,14-15,20-21,23H,3,8,13,16H2,1-2H3. The molecule has 2 aromatic rings. The minimum Gasteiger partial charge on any atom is -0.497 e. The van der Waals surface area contributed by atoms with Crippen molar-refractivity contribution >= 4 is 12.3 Å². The minimum atomic E-state index is -0.511. The molecule has 2 rings (SSSR count). The SMILES string of the molecule is CCCC(c1ccccc1)C(CC=O)C(=O)ONCc1cccc(OC)c1. The number of methoxy groups -OCH3 is 1. The lowest BCUT2D eigenvalue weighted by Crippen LogP contribution is -2.30. The Bertz CT molecular complexity index is 717. The summed E-state index contributed by atoms with van der Waals surface area (Å²) in [6.07, 6.45) is 2.66. The molecule has 0 saturated carbocycles. The van der Waals surface area contributed by atoms with Crippen LogP contribution in [0, 0.1) is 5.92 Å². The molecule has 5 nitrogen and oxygen atoms in total. The minimum absolute atomic E-state index is 0.0486. The van der Waals surface area contributed by atoms with E-state index in [2.05, 4.69) is 12.4 Å². The average molecular weight is 369 g/mol. The topological polar surface area (TPSA) is 64.6 Å². The van der Waals surface area contributed by atoms with Gasteiger partial charge in [0.25, 0.3) is 0 Å². The highest BCUT2D eigenvalue weighted by atomic mass is 16.7. The average Bonchev–Trinajstić information content (AvgIpc) is 2.71. The van der Waals surface area contributed by atoms with Crippen LogP contribution < -0.4 is 10.2 Å². The quantitative estimate of drug-likeness (QED) is 0.478. The third-order valence-corrected chi connectivity index (χ3v) is 4.55. The predicted octanol–water partition coefficient (Wildman–Crippen LogP) is 4.03. The second-order valence-electron chi connectivity index (χ2n) is 6.41. The van der Waals surface area contributed by atoms with Crippen LogP contribution in [0.15, 0.2) is 54.6 Å². The van der Waals surface area contributed by atoms with E-state index >= 15 is 0 Å². The number of nitrogens with one attached hydrogen (secondary N) is 1. The molecule has 144 valence electrons. The van der Waals surface area contributed by atoms with Crippen LogP contribution in [0.5, 0.6) is 5.75 Å². The van der Waals surface area contributed by atoms with Crippen molar-refractivity contribution in [3.05, 3.63) is 65.7 Å². The van der Waals surface area contributed by atoms with Crippen LogP contribution in [0.1, 0.15) is 43.2 Å². The molecule has 2 aromatic carbocycles. The van der Waals surface area contributed by atoms with Crippen molar-refractivity contribution in [1.29, 1.82) is 0 Å². The smallest absolute Gasteiger partial charge is 0.328 e. The first kappa shape index (κ1) is 20.6. The van der Waals surface area contributed by atoms with Crippen molar-refractivity contribution in [1.82, 2.24) is 5.48 Å². The fourth-order valence-electron chi connectivity index (χ4n) is 3.19. The molecular formula is C22H27NO4. The number of rotatable bonds is 11. The van der Waals surface area contributed by atoms with Crippen LogP contribution in [0.2, 0.25) is 0 Å². The maximum atomic E-state index is 12.7. The Hall–Kier alpha value is -2.66. The van der Waals surface area contributed by atoms with E-state index in [0.29, 0.717) is 6.54 Å². The van der Waals surface area contributed by atoms with Gasteiger partial charge in [-0.15, -0.1) is 5.48 Å². The van der Waals surface area contributed by atoms with Crippen molar-refractivity contribution < 1.29 is 19.2 Å². The summed E-state index contributed by atoms with van der Waals surface area (Å²) in [6, 6.07) is 17.3. The maximum absolute atomic E-state index is 12.7. The molecule has 0 aromatic heterocycles.